The molecule has 0 aromatic heterocycles. The lowest BCUT2D eigenvalue weighted by atomic mass is 10.1. The number of hydrogen-bond donors (Lipinski definition) is 1. The quantitative estimate of drug-likeness (QED) is 0.639. The maximum atomic E-state index is 11.2. The molecule has 0 aliphatic carbocycles. The number of likely N-dealkylation sites (N-methyl/N-ethyl adjacent to an activating group) is 1. The van der Waals surface area contributed by atoms with Crippen molar-refractivity contribution in [2.45, 2.75) is 19.9 Å². The zero-order valence-corrected chi connectivity index (χ0v) is 9.25. The molecule has 0 spiro atoms. The molecule has 0 aromatic rings. The fourth-order valence-corrected chi connectivity index (χ4v) is 1.70. The van der Waals surface area contributed by atoms with Crippen LogP contribution in [0.2, 0.25) is 0 Å². The minimum absolute atomic E-state index is 0.0273. The number of rotatable bonds is 5. The van der Waals surface area contributed by atoms with Crippen LogP contribution in [0.4, 0.5) is 0 Å². The average Bonchev–Trinajstić information content (AvgIpc) is 2.12. The van der Waals surface area contributed by atoms with E-state index in [1.165, 1.54) is 7.11 Å². The SMILES string of the molecule is CCN(CC(C)C(=O)OC)C1CNC1. The van der Waals surface area contributed by atoms with Gasteiger partial charge in [-0.25, -0.2) is 0 Å². The Bertz CT molecular complexity index is 193. The average molecular weight is 200 g/mol. The van der Waals surface area contributed by atoms with Gasteiger partial charge < -0.3 is 10.1 Å². The molecule has 1 unspecified atom stereocenters. The Morgan fingerprint density at radius 1 is 1.64 bits per heavy atom. The third kappa shape index (κ3) is 2.69. The smallest absolute Gasteiger partial charge is 0.309 e. The lowest BCUT2D eigenvalue weighted by Crippen LogP contribution is -2.58. The predicted molar refractivity (Wildman–Crippen MR) is 55.1 cm³/mol. The second-order valence-electron chi connectivity index (χ2n) is 3.82. The number of hydrogen-bond acceptors (Lipinski definition) is 4. The molecule has 1 rings (SSSR count). The van der Waals surface area contributed by atoms with E-state index in [1.807, 2.05) is 6.92 Å². The van der Waals surface area contributed by atoms with Gasteiger partial charge >= 0.3 is 5.97 Å². The first kappa shape index (κ1) is 11.5. The fraction of sp³-hybridized carbons (Fsp3) is 0.900. The number of carbonyl (C=O) groups excluding carboxylic acids is 1. The maximum absolute atomic E-state index is 11.2. The van der Waals surface area contributed by atoms with E-state index in [4.69, 9.17) is 4.74 Å². The summed E-state index contributed by atoms with van der Waals surface area (Å²) in [6.45, 7) is 7.93. The molecule has 1 N–H and O–H groups in total. The zero-order valence-electron chi connectivity index (χ0n) is 9.25. The van der Waals surface area contributed by atoms with Gasteiger partial charge in [-0.3, -0.25) is 9.69 Å². The molecule has 0 aromatic carbocycles. The summed E-state index contributed by atoms with van der Waals surface area (Å²) in [6.07, 6.45) is 0. The molecule has 14 heavy (non-hydrogen) atoms. The van der Waals surface area contributed by atoms with Gasteiger partial charge in [-0.05, 0) is 6.54 Å². The summed E-state index contributed by atoms with van der Waals surface area (Å²) in [5.74, 6) is -0.142. The third-order valence-electron chi connectivity index (χ3n) is 2.79. The summed E-state index contributed by atoms with van der Waals surface area (Å²) in [5, 5.41) is 3.23. The monoisotopic (exact) mass is 200 g/mol. The molecule has 4 heteroatoms. The molecule has 1 aliphatic rings. The number of ether oxygens (including phenoxy) is 1. The lowest BCUT2D eigenvalue weighted by Gasteiger charge is -2.38. The van der Waals surface area contributed by atoms with Crippen molar-refractivity contribution in [3.8, 4) is 0 Å². The highest BCUT2D eigenvalue weighted by atomic mass is 16.5. The normalized spacial score (nSPS) is 19.1. The topological polar surface area (TPSA) is 41.6 Å². The van der Waals surface area contributed by atoms with Crippen LogP contribution in [0.1, 0.15) is 13.8 Å². The number of carbonyl (C=O) groups is 1. The zero-order chi connectivity index (χ0) is 10.6. The van der Waals surface area contributed by atoms with Crippen molar-refractivity contribution in [3.05, 3.63) is 0 Å². The molecule has 0 saturated carbocycles. The van der Waals surface area contributed by atoms with E-state index >= 15 is 0 Å². The first-order valence-electron chi connectivity index (χ1n) is 5.21. The maximum Gasteiger partial charge on any atom is 0.309 e. The van der Waals surface area contributed by atoms with Crippen LogP contribution in [0, 0.1) is 5.92 Å². The Morgan fingerprint density at radius 3 is 2.64 bits per heavy atom. The first-order valence-corrected chi connectivity index (χ1v) is 5.21. The number of esters is 1. The summed E-state index contributed by atoms with van der Waals surface area (Å²) in [4.78, 5) is 13.6. The molecular formula is C10H20N2O2. The number of methoxy groups -OCH3 is 1. The summed E-state index contributed by atoms with van der Waals surface area (Å²) >= 11 is 0. The van der Waals surface area contributed by atoms with Gasteiger partial charge in [0.05, 0.1) is 13.0 Å². The molecule has 4 nitrogen and oxygen atoms in total. The Morgan fingerprint density at radius 2 is 2.29 bits per heavy atom. The highest BCUT2D eigenvalue weighted by molar-refractivity contribution is 5.72. The van der Waals surface area contributed by atoms with Gasteiger partial charge in [-0.2, -0.15) is 0 Å². The van der Waals surface area contributed by atoms with E-state index in [9.17, 15) is 4.79 Å². The van der Waals surface area contributed by atoms with Gasteiger partial charge in [0.15, 0.2) is 0 Å². The highest BCUT2D eigenvalue weighted by Crippen LogP contribution is 2.09. The standard InChI is InChI=1S/C10H20N2O2/c1-4-12(9-5-11-6-9)7-8(2)10(13)14-3/h8-9,11H,4-7H2,1-3H3. The van der Waals surface area contributed by atoms with Crippen molar-refractivity contribution in [2.75, 3.05) is 33.3 Å². The van der Waals surface area contributed by atoms with Gasteiger partial charge in [0.25, 0.3) is 0 Å². The Kier molecular flexibility index (Phi) is 4.35. The molecule has 1 heterocycles. The number of nitrogens with zero attached hydrogens (tertiary/aromatic N) is 1. The van der Waals surface area contributed by atoms with Crippen LogP contribution in [0.3, 0.4) is 0 Å². The van der Waals surface area contributed by atoms with Crippen molar-refractivity contribution in [1.82, 2.24) is 10.2 Å². The van der Waals surface area contributed by atoms with Crippen molar-refractivity contribution < 1.29 is 9.53 Å². The summed E-state index contributed by atoms with van der Waals surface area (Å²) in [7, 11) is 1.44. The van der Waals surface area contributed by atoms with Crippen LogP contribution in [-0.2, 0) is 9.53 Å². The minimum Gasteiger partial charge on any atom is -0.469 e. The van der Waals surface area contributed by atoms with Crippen molar-refractivity contribution in [3.63, 3.8) is 0 Å². The molecule has 1 aliphatic heterocycles. The van der Waals surface area contributed by atoms with Gasteiger partial charge in [-0.1, -0.05) is 13.8 Å². The van der Waals surface area contributed by atoms with Gasteiger partial charge in [0.2, 0.25) is 0 Å². The predicted octanol–water partition coefficient (Wildman–Crippen LogP) is 0.0892. The second-order valence-corrected chi connectivity index (χ2v) is 3.82. The van der Waals surface area contributed by atoms with Crippen molar-refractivity contribution in [2.24, 2.45) is 5.92 Å². The van der Waals surface area contributed by atoms with Crippen LogP contribution in [0.5, 0.6) is 0 Å². The van der Waals surface area contributed by atoms with Crippen molar-refractivity contribution in [1.29, 1.82) is 0 Å². The summed E-state index contributed by atoms with van der Waals surface area (Å²) in [5.41, 5.74) is 0. The van der Waals surface area contributed by atoms with Crippen LogP contribution < -0.4 is 5.32 Å². The Labute approximate surface area is 85.6 Å². The molecule has 1 fully saturated rings. The fourth-order valence-electron chi connectivity index (χ4n) is 1.70. The van der Waals surface area contributed by atoms with E-state index in [2.05, 4.69) is 17.1 Å². The molecular weight excluding hydrogens is 180 g/mol. The van der Waals surface area contributed by atoms with E-state index in [-0.39, 0.29) is 11.9 Å². The van der Waals surface area contributed by atoms with Gasteiger partial charge in [-0.15, -0.1) is 0 Å². The van der Waals surface area contributed by atoms with Crippen LogP contribution in [0.25, 0.3) is 0 Å². The van der Waals surface area contributed by atoms with Gasteiger partial charge in [0.1, 0.15) is 0 Å². The van der Waals surface area contributed by atoms with Gasteiger partial charge in [0, 0.05) is 25.7 Å². The minimum atomic E-state index is -0.115. The Balaban J connectivity index is 2.35. The lowest BCUT2D eigenvalue weighted by molar-refractivity contribution is -0.145. The Hall–Kier alpha value is -0.610. The summed E-state index contributed by atoms with van der Waals surface area (Å²) in [6, 6.07) is 0.604. The molecule has 0 radical (unpaired) electrons. The first-order chi connectivity index (χ1) is 6.69. The number of nitrogens with one attached hydrogen (secondary N) is 1. The molecule has 1 saturated heterocycles. The van der Waals surface area contributed by atoms with E-state index in [0.29, 0.717) is 6.04 Å². The van der Waals surface area contributed by atoms with E-state index in [0.717, 1.165) is 26.2 Å². The summed E-state index contributed by atoms with van der Waals surface area (Å²) < 4.78 is 4.71. The molecule has 0 bridgehead atoms. The van der Waals surface area contributed by atoms with E-state index in [1.54, 1.807) is 0 Å². The van der Waals surface area contributed by atoms with E-state index < -0.39 is 0 Å². The molecule has 82 valence electrons. The third-order valence-corrected chi connectivity index (χ3v) is 2.79. The van der Waals surface area contributed by atoms with Crippen LogP contribution in [0.15, 0.2) is 0 Å². The molecule has 0 amide bonds. The highest BCUT2D eigenvalue weighted by Gasteiger charge is 2.26. The van der Waals surface area contributed by atoms with Crippen molar-refractivity contribution >= 4 is 5.97 Å². The molecule has 1 atom stereocenters. The van der Waals surface area contributed by atoms with Crippen LogP contribution in [-0.4, -0.2) is 50.2 Å². The largest absolute Gasteiger partial charge is 0.469 e. The second kappa shape index (κ2) is 5.32. The van der Waals surface area contributed by atoms with Crippen LogP contribution >= 0.6 is 0 Å².